The van der Waals surface area contributed by atoms with Crippen molar-refractivity contribution in [1.29, 1.82) is 0 Å². The summed E-state index contributed by atoms with van der Waals surface area (Å²) >= 11 is 0. The molecule has 0 saturated heterocycles. The van der Waals surface area contributed by atoms with Crippen LogP contribution in [0.2, 0.25) is 0 Å². The summed E-state index contributed by atoms with van der Waals surface area (Å²) in [5.41, 5.74) is 8.15. The average Bonchev–Trinajstić information content (AvgIpc) is 3.16. The van der Waals surface area contributed by atoms with Gasteiger partial charge in [-0.2, -0.15) is 4.98 Å². The topological polar surface area (TPSA) is 117 Å². The van der Waals surface area contributed by atoms with Gasteiger partial charge < -0.3 is 20.5 Å². The van der Waals surface area contributed by atoms with E-state index in [0.29, 0.717) is 40.1 Å². The van der Waals surface area contributed by atoms with Crippen LogP contribution in [0.5, 0.6) is 11.5 Å². The molecule has 0 fully saturated rings. The number of benzene rings is 1. The monoisotopic (exact) mass is 392 g/mol. The second kappa shape index (κ2) is 7.27. The normalized spacial score (nSPS) is 15.5. The summed E-state index contributed by atoms with van der Waals surface area (Å²) in [6.45, 7) is 1.78. The SMILES string of the molecule is COc1cccc(C2C(C(N)=O)=C(C)Nc3nc(-c4cccnc4)nn32)c1OC. The summed E-state index contributed by atoms with van der Waals surface area (Å²) in [5.74, 6) is 1.44. The molecule has 3 aromatic rings. The van der Waals surface area contributed by atoms with Crippen LogP contribution in [0.1, 0.15) is 18.5 Å². The fraction of sp³-hybridized carbons (Fsp3) is 0.200. The number of ether oxygens (including phenoxy) is 2. The van der Waals surface area contributed by atoms with E-state index in [2.05, 4.69) is 20.4 Å². The number of nitrogens with two attached hydrogens (primary N) is 1. The number of methoxy groups -OCH3 is 2. The molecule has 1 amide bonds. The first-order chi connectivity index (χ1) is 14.0. The lowest BCUT2D eigenvalue weighted by Gasteiger charge is -2.29. The molecule has 0 spiro atoms. The Hall–Kier alpha value is -3.88. The van der Waals surface area contributed by atoms with E-state index >= 15 is 0 Å². The average molecular weight is 392 g/mol. The molecule has 4 rings (SSSR count). The Morgan fingerprint density at radius 2 is 2.03 bits per heavy atom. The Labute approximate surface area is 167 Å². The maximum atomic E-state index is 12.4. The van der Waals surface area contributed by atoms with Gasteiger partial charge in [0.1, 0.15) is 6.04 Å². The molecule has 1 aliphatic heterocycles. The molecule has 9 nitrogen and oxygen atoms in total. The van der Waals surface area contributed by atoms with Gasteiger partial charge in [-0.15, -0.1) is 5.10 Å². The van der Waals surface area contributed by atoms with E-state index < -0.39 is 11.9 Å². The Morgan fingerprint density at radius 3 is 2.69 bits per heavy atom. The van der Waals surface area contributed by atoms with Gasteiger partial charge in [-0.05, 0) is 25.1 Å². The Kier molecular flexibility index (Phi) is 4.63. The van der Waals surface area contributed by atoms with Crippen LogP contribution in [-0.4, -0.2) is 39.9 Å². The van der Waals surface area contributed by atoms with E-state index in [1.807, 2.05) is 24.3 Å². The number of nitrogens with one attached hydrogen (secondary N) is 1. The zero-order valence-electron chi connectivity index (χ0n) is 16.2. The number of hydrogen-bond donors (Lipinski definition) is 2. The number of pyridine rings is 1. The van der Waals surface area contributed by atoms with Crippen molar-refractivity contribution in [3.63, 3.8) is 0 Å². The van der Waals surface area contributed by atoms with Gasteiger partial charge in [0.05, 0.1) is 19.8 Å². The number of rotatable bonds is 5. The summed E-state index contributed by atoms with van der Waals surface area (Å²) in [6, 6.07) is 8.50. The fourth-order valence-corrected chi connectivity index (χ4v) is 3.50. The lowest BCUT2D eigenvalue weighted by Crippen LogP contribution is -2.32. The molecule has 0 bridgehead atoms. The first kappa shape index (κ1) is 18.5. The molecular formula is C20H20N6O3. The third-order valence-electron chi connectivity index (χ3n) is 4.77. The van der Waals surface area contributed by atoms with Crippen molar-refractivity contribution in [2.45, 2.75) is 13.0 Å². The predicted molar refractivity (Wildman–Crippen MR) is 106 cm³/mol. The highest BCUT2D eigenvalue weighted by atomic mass is 16.5. The molecule has 3 heterocycles. The van der Waals surface area contributed by atoms with Gasteiger partial charge in [-0.25, -0.2) is 4.68 Å². The second-order valence-electron chi connectivity index (χ2n) is 6.46. The molecule has 3 N–H and O–H groups in total. The van der Waals surface area contributed by atoms with Gasteiger partial charge >= 0.3 is 0 Å². The van der Waals surface area contributed by atoms with Crippen LogP contribution < -0.4 is 20.5 Å². The van der Waals surface area contributed by atoms with Crippen molar-refractivity contribution < 1.29 is 14.3 Å². The molecule has 29 heavy (non-hydrogen) atoms. The molecule has 1 atom stereocenters. The Balaban J connectivity index is 1.95. The number of anilines is 1. The van der Waals surface area contributed by atoms with E-state index in [0.717, 1.165) is 5.56 Å². The number of amides is 1. The van der Waals surface area contributed by atoms with E-state index in [4.69, 9.17) is 15.2 Å². The highest BCUT2D eigenvalue weighted by Crippen LogP contribution is 2.42. The predicted octanol–water partition coefficient (Wildman–Crippen LogP) is 2.13. The molecule has 0 radical (unpaired) electrons. The van der Waals surface area contributed by atoms with Crippen LogP contribution in [0.15, 0.2) is 54.0 Å². The maximum Gasteiger partial charge on any atom is 0.248 e. The van der Waals surface area contributed by atoms with E-state index in [9.17, 15) is 4.79 Å². The minimum absolute atomic E-state index is 0.367. The number of allylic oxidation sites excluding steroid dienone is 1. The molecule has 0 saturated carbocycles. The van der Waals surface area contributed by atoms with Crippen molar-refractivity contribution in [1.82, 2.24) is 19.7 Å². The van der Waals surface area contributed by atoms with Crippen LogP contribution in [0, 0.1) is 0 Å². The molecule has 2 aromatic heterocycles. The van der Waals surface area contributed by atoms with Crippen LogP contribution in [0.4, 0.5) is 5.95 Å². The maximum absolute atomic E-state index is 12.4. The number of hydrogen-bond acceptors (Lipinski definition) is 7. The zero-order valence-corrected chi connectivity index (χ0v) is 16.2. The van der Waals surface area contributed by atoms with Crippen LogP contribution in [0.25, 0.3) is 11.4 Å². The number of nitrogens with zero attached hydrogens (tertiary/aromatic N) is 4. The van der Waals surface area contributed by atoms with E-state index in [1.165, 1.54) is 0 Å². The number of aromatic nitrogens is 4. The third kappa shape index (κ3) is 3.06. The highest BCUT2D eigenvalue weighted by Gasteiger charge is 2.35. The largest absolute Gasteiger partial charge is 0.493 e. The number of carbonyl (C=O) groups excluding carboxylic acids is 1. The zero-order chi connectivity index (χ0) is 20.5. The summed E-state index contributed by atoms with van der Waals surface area (Å²) < 4.78 is 12.7. The number of para-hydroxylation sites is 1. The van der Waals surface area contributed by atoms with Gasteiger partial charge in [0.15, 0.2) is 17.3 Å². The van der Waals surface area contributed by atoms with Crippen molar-refractivity contribution in [2.24, 2.45) is 5.73 Å². The van der Waals surface area contributed by atoms with Gasteiger partial charge in [-0.1, -0.05) is 12.1 Å². The number of primary amides is 1. The summed E-state index contributed by atoms with van der Waals surface area (Å²) in [7, 11) is 3.10. The molecule has 1 aromatic carbocycles. The van der Waals surface area contributed by atoms with Crippen molar-refractivity contribution in [2.75, 3.05) is 19.5 Å². The van der Waals surface area contributed by atoms with Crippen LogP contribution >= 0.6 is 0 Å². The standard InChI is InChI=1S/C20H20N6O3/c1-11-15(18(21)27)16(13-7-4-8-14(28-2)17(13)29-3)26-20(23-11)24-19(25-26)12-6-5-9-22-10-12/h4-10,16H,1-3H3,(H2,21,27)(H,23,24,25). The summed E-state index contributed by atoms with van der Waals surface area (Å²) in [6.07, 6.45) is 3.36. The quantitative estimate of drug-likeness (QED) is 0.683. The summed E-state index contributed by atoms with van der Waals surface area (Å²) in [5, 5.41) is 7.76. The smallest absolute Gasteiger partial charge is 0.248 e. The van der Waals surface area contributed by atoms with Crippen LogP contribution in [0.3, 0.4) is 0 Å². The first-order valence-electron chi connectivity index (χ1n) is 8.90. The highest BCUT2D eigenvalue weighted by molar-refractivity contribution is 5.95. The van der Waals surface area contributed by atoms with Crippen LogP contribution in [-0.2, 0) is 4.79 Å². The Morgan fingerprint density at radius 1 is 1.21 bits per heavy atom. The molecule has 1 unspecified atom stereocenters. The number of fused-ring (bicyclic) bond motifs is 1. The van der Waals surface area contributed by atoms with Gasteiger partial charge in [0, 0.05) is 29.2 Å². The van der Waals surface area contributed by atoms with E-state index in [-0.39, 0.29) is 0 Å². The minimum Gasteiger partial charge on any atom is -0.493 e. The lowest BCUT2D eigenvalue weighted by atomic mass is 9.94. The van der Waals surface area contributed by atoms with Gasteiger partial charge in [-0.3, -0.25) is 9.78 Å². The lowest BCUT2D eigenvalue weighted by molar-refractivity contribution is -0.115. The summed E-state index contributed by atoms with van der Waals surface area (Å²) in [4.78, 5) is 21.1. The third-order valence-corrected chi connectivity index (χ3v) is 4.77. The van der Waals surface area contributed by atoms with Crippen molar-refractivity contribution >= 4 is 11.9 Å². The molecule has 0 aliphatic carbocycles. The van der Waals surface area contributed by atoms with Gasteiger partial charge in [0.2, 0.25) is 11.9 Å². The first-order valence-corrected chi connectivity index (χ1v) is 8.90. The molecule has 1 aliphatic rings. The Bertz CT molecular complexity index is 1110. The van der Waals surface area contributed by atoms with Crippen molar-refractivity contribution in [3.05, 3.63) is 59.6 Å². The molecule has 148 valence electrons. The molecule has 9 heteroatoms. The minimum atomic E-state index is -0.633. The number of carbonyl (C=O) groups is 1. The second-order valence-corrected chi connectivity index (χ2v) is 6.46. The van der Waals surface area contributed by atoms with Gasteiger partial charge in [0.25, 0.3) is 0 Å². The van der Waals surface area contributed by atoms with E-state index in [1.54, 1.807) is 44.3 Å². The van der Waals surface area contributed by atoms with Crippen molar-refractivity contribution in [3.8, 4) is 22.9 Å². The fourth-order valence-electron chi connectivity index (χ4n) is 3.50. The molecular weight excluding hydrogens is 372 g/mol.